The van der Waals surface area contributed by atoms with E-state index in [1.54, 1.807) is 22.3 Å². The smallest absolute Gasteiger partial charge is 0.0509 e. The molecule has 0 aliphatic heterocycles. The van der Waals surface area contributed by atoms with Crippen molar-refractivity contribution in [3.63, 3.8) is 0 Å². The number of benzene rings is 6. The van der Waals surface area contributed by atoms with E-state index >= 15 is 0 Å². The number of fused-ring (bicyclic) bond motifs is 13. The molecule has 262 valence electrons. The van der Waals surface area contributed by atoms with Gasteiger partial charge in [-0.1, -0.05) is 154 Å². The van der Waals surface area contributed by atoms with Crippen molar-refractivity contribution >= 4 is 17.1 Å². The summed E-state index contributed by atoms with van der Waals surface area (Å²) < 4.78 is 0. The molecule has 0 saturated heterocycles. The molecule has 3 saturated carbocycles. The molecule has 6 aromatic carbocycles. The third kappa shape index (κ3) is 4.37. The van der Waals surface area contributed by atoms with E-state index in [2.05, 4.69) is 151 Å². The van der Waals surface area contributed by atoms with Gasteiger partial charge < -0.3 is 4.90 Å². The van der Waals surface area contributed by atoms with Crippen LogP contribution in [0, 0.1) is 17.8 Å². The quantitative estimate of drug-likeness (QED) is 0.174. The first-order valence-electron chi connectivity index (χ1n) is 20.6. The standard InChI is InChI=1S/C52H49N/c1-2-38-33-35-15-12-18-39(34-35)52(38)46-24-9-7-20-42(46)44-22-14-26-48(50(44)52)53(40-29-27-37(28-30-40)36-16-4-3-5-17-36)47-25-13-21-43-41-19-6-8-23-45(41)51(49(43)47)31-10-11-32-51/h3-9,13-14,16-17,19-30,35,38-39H,2,10-12,15,18,31-34H2,1H3. The molecule has 5 aliphatic rings. The van der Waals surface area contributed by atoms with Crippen LogP contribution in [0.4, 0.5) is 17.1 Å². The fourth-order valence-corrected chi connectivity index (χ4v) is 12.8. The van der Waals surface area contributed by atoms with Crippen LogP contribution in [0.5, 0.6) is 0 Å². The Morgan fingerprint density at radius 2 is 1.13 bits per heavy atom. The maximum Gasteiger partial charge on any atom is 0.0509 e. The van der Waals surface area contributed by atoms with Crippen molar-refractivity contribution in [1.29, 1.82) is 0 Å². The molecule has 5 aliphatic carbocycles. The normalized spacial score (nSPS) is 24.1. The van der Waals surface area contributed by atoms with E-state index in [1.807, 2.05) is 0 Å². The fraction of sp³-hybridized carbons (Fsp3) is 0.308. The third-order valence-corrected chi connectivity index (χ3v) is 14.7. The van der Waals surface area contributed by atoms with Gasteiger partial charge in [0.25, 0.3) is 0 Å². The van der Waals surface area contributed by atoms with Crippen molar-refractivity contribution in [1.82, 2.24) is 0 Å². The number of nitrogens with zero attached hydrogens (tertiary/aromatic N) is 1. The van der Waals surface area contributed by atoms with Crippen LogP contribution in [-0.2, 0) is 10.8 Å². The SMILES string of the molecule is CCC1CC2CCCC(C2)C12c1ccccc1-c1cccc(N(c3ccc(-c4ccccc4)cc3)c3cccc4c3C3(CCCC3)c3ccccc3-4)c12. The average Bonchev–Trinajstić information content (AvgIpc) is 3.91. The maximum absolute atomic E-state index is 2.74. The summed E-state index contributed by atoms with van der Waals surface area (Å²) in [6.07, 6.45) is 13.1. The van der Waals surface area contributed by atoms with Crippen molar-refractivity contribution < 1.29 is 0 Å². The lowest BCUT2D eigenvalue weighted by molar-refractivity contribution is 0.0560. The van der Waals surface area contributed by atoms with Gasteiger partial charge in [-0.15, -0.1) is 0 Å². The molecule has 53 heavy (non-hydrogen) atoms. The van der Waals surface area contributed by atoms with Gasteiger partial charge in [0.1, 0.15) is 0 Å². The zero-order valence-electron chi connectivity index (χ0n) is 31.0. The first kappa shape index (κ1) is 31.6. The molecule has 3 fully saturated rings. The Bertz CT molecular complexity index is 2340. The summed E-state index contributed by atoms with van der Waals surface area (Å²) in [4.78, 5) is 2.74. The molecule has 0 heterocycles. The minimum atomic E-state index is 0.0163. The minimum absolute atomic E-state index is 0.0163. The molecule has 4 unspecified atom stereocenters. The summed E-state index contributed by atoms with van der Waals surface area (Å²) in [5, 5.41) is 0. The molecular formula is C52H49N. The van der Waals surface area contributed by atoms with E-state index in [0.717, 1.165) is 5.92 Å². The van der Waals surface area contributed by atoms with E-state index in [9.17, 15) is 0 Å². The highest BCUT2D eigenvalue weighted by atomic mass is 15.2. The molecule has 2 spiro atoms. The lowest BCUT2D eigenvalue weighted by Gasteiger charge is -2.54. The molecule has 11 rings (SSSR count). The average molecular weight is 688 g/mol. The molecule has 0 radical (unpaired) electrons. The summed E-state index contributed by atoms with van der Waals surface area (Å²) in [6.45, 7) is 2.49. The lowest BCUT2D eigenvalue weighted by atomic mass is 9.49. The zero-order chi connectivity index (χ0) is 35.1. The fourth-order valence-electron chi connectivity index (χ4n) is 12.8. The second-order valence-corrected chi connectivity index (χ2v) is 17.0. The van der Waals surface area contributed by atoms with Gasteiger partial charge in [0, 0.05) is 16.5 Å². The summed E-state index contributed by atoms with van der Waals surface area (Å²) >= 11 is 0. The number of hydrogen-bond donors (Lipinski definition) is 0. The molecule has 0 aromatic heterocycles. The molecule has 0 amide bonds. The van der Waals surface area contributed by atoms with Crippen LogP contribution in [0.25, 0.3) is 33.4 Å². The Labute approximate surface area is 315 Å². The summed E-state index contributed by atoms with van der Waals surface area (Å²) in [5.74, 6) is 2.16. The highest BCUT2D eigenvalue weighted by Gasteiger charge is 2.58. The number of hydrogen-bond acceptors (Lipinski definition) is 1. The Morgan fingerprint density at radius 1 is 0.528 bits per heavy atom. The molecule has 6 aromatic rings. The van der Waals surface area contributed by atoms with Gasteiger partial charge in [-0.05, 0) is 130 Å². The largest absolute Gasteiger partial charge is 0.310 e. The summed E-state index contributed by atoms with van der Waals surface area (Å²) in [6, 6.07) is 53.9. The van der Waals surface area contributed by atoms with Gasteiger partial charge in [-0.3, -0.25) is 0 Å². The third-order valence-electron chi connectivity index (χ3n) is 14.7. The Hall–Kier alpha value is -4.88. The topological polar surface area (TPSA) is 3.24 Å². The van der Waals surface area contributed by atoms with Gasteiger partial charge in [-0.25, -0.2) is 0 Å². The van der Waals surface area contributed by atoms with Crippen molar-refractivity contribution in [2.45, 2.75) is 82.0 Å². The van der Waals surface area contributed by atoms with Gasteiger partial charge in [0.05, 0.1) is 11.4 Å². The maximum atomic E-state index is 2.74. The van der Waals surface area contributed by atoms with Crippen LogP contribution in [0.3, 0.4) is 0 Å². The minimum Gasteiger partial charge on any atom is -0.310 e. The van der Waals surface area contributed by atoms with E-state index in [1.165, 1.54) is 115 Å². The van der Waals surface area contributed by atoms with Gasteiger partial charge in [0.2, 0.25) is 0 Å². The second kappa shape index (κ2) is 12.1. The van der Waals surface area contributed by atoms with Crippen molar-refractivity contribution in [2.24, 2.45) is 17.8 Å². The van der Waals surface area contributed by atoms with Crippen molar-refractivity contribution in [2.75, 3.05) is 4.90 Å². The monoisotopic (exact) mass is 687 g/mol. The Morgan fingerprint density at radius 3 is 1.87 bits per heavy atom. The van der Waals surface area contributed by atoms with Gasteiger partial charge in [-0.2, -0.15) is 0 Å². The summed E-state index contributed by atoms with van der Waals surface area (Å²) in [5.41, 5.74) is 18.8. The second-order valence-electron chi connectivity index (χ2n) is 17.0. The van der Waals surface area contributed by atoms with Crippen LogP contribution < -0.4 is 4.90 Å². The molecule has 1 nitrogen and oxygen atoms in total. The number of anilines is 3. The molecule has 4 atom stereocenters. The predicted octanol–water partition coefficient (Wildman–Crippen LogP) is 14.2. The van der Waals surface area contributed by atoms with E-state index < -0.39 is 0 Å². The molecule has 1 heteroatoms. The van der Waals surface area contributed by atoms with Crippen LogP contribution in [0.2, 0.25) is 0 Å². The van der Waals surface area contributed by atoms with E-state index in [0.29, 0.717) is 11.8 Å². The summed E-state index contributed by atoms with van der Waals surface area (Å²) in [7, 11) is 0. The van der Waals surface area contributed by atoms with Crippen LogP contribution in [0.15, 0.2) is 140 Å². The number of rotatable bonds is 5. The van der Waals surface area contributed by atoms with Crippen LogP contribution >= 0.6 is 0 Å². The van der Waals surface area contributed by atoms with Crippen molar-refractivity contribution in [3.8, 4) is 33.4 Å². The Balaban J connectivity index is 1.21. The first-order valence-corrected chi connectivity index (χ1v) is 20.6. The molecular weight excluding hydrogens is 639 g/mol. The van der Waals surface area contributed by atoms with E-state index in [4.69, 9.17) is 0 Å². The van der Waals surface area contributed by atoms with E-state index in [-0.39, 0.29) is 10.8 Å². The highest BCUT2D eigenvalue weighted by Crippen LogP contribution is 2.68. The predicted molar refractivity (Wildman–Crippen MR) is 221 cm³/mol. The highest BCUT2D eigenvalue weighted by molar-refractivity contribution is 5.95. The molecule has 0 N–H and O–H groups in total. The molecule has 2 bridgehead atoms. The Kier molecular flexibility index (Phi) is 7.20. The van der Waals surface area contributed by atoms with Crippen LogP contribution in [0.1, 0.15) is 93.4 Å². The van der Waals surface area contributed by atoms with Crippen molar-refractivity contribution in [3.05, 3.63) is 162 Å². The van der Waals surface area contributed by atoms with Gasteiger partial charge in [0.15, 0.2) is 0 Å². The first-order chi connectivity index (χ1) is 26.2. The zero-order valence-corrected chi connectivity index (χ0v) is 31.0. The lowest BCUT2D eigenvalue weighted by Crippen LogP contribution is -2.49. The van der Waals surface area contributed by atoms with Gasteiger partial charge >= 0.3 is 0 Å². The van der Waals surface area contributed by atoms with Crippen LogP contribution in [-0.4, -0.2) is 0 Å².